The van der Waals surface area contributed by atoms with Gasteiger partial charge in [-0.3, -0.25) is 4.98 Å². The molecule has 3 heterocycles. The summed E-state index contributed by atoms with van der Waals surface area (Å²) in [6.07, 6.45) is 3.30. The summed E-state index contributed by atoms with van der Waals surface area (Å²) in [5.41, 5.74) is 0.795. The predicted molar refractivity (Wildman–Crippen MR) is 72.2 cm³/mol. The lowest BCUT2D eigenvalue weighted by Gasteiger charge is -2.26. The topological polar surface area (TPSA) is 93.4 Å². The maximum absolute atomic E-state index is 11.9. The van der Waals surface area contributed by atoms with E-state index in [1.807, 2.05) is 0 Å². The summed E-state index contributed by atoms with van der Waals surface area (Å²) in [6, 6.07) is 3.41. The van der Waals surface area contributed by atoms with Crippen molar-refractivity contribution in [3.05, 3.63) is 30.4 Å². The molecule has 0 radical (unpaired) electrons. The zero-order chi connectivity index (χ0) is 14.5. The monoisotopic (exact) mass is 289 g/mol. The molecule has 8 nitrogen and oxygen atoms in total. The lowest BCUT2D eigenvalue weighted by Crippen LogP contribution is -2.45. The normalized spacial score (nSPS) is 15.0. The number of amides is 2. The summed E-state index contributed by atoms with van der Waals surface area (Å²) in [4.78, 5) is 17.5. The molecule has 0 saturated carbocycles. The minimum absolute atomic E-state index is 0.151. The number of nitrogens with one attached hydrogen (secondary N) is 1. The number of morpholine rings is 1. The van der Waals surface area contributed by atoms with Gasteiger partial charge in [0.05, 0.1) is 19.8 Å². The average molecular weight is 289 g/mol. The molecule has 1 aliphatic heterocycles. The van der Waals surface area contributed by atoms with Crippen molar-refractivity contribution < 1.29 is 13.9 Å². The molecule has 2 amide bonds. The Bertz CT molecular complexity index is 595. The van der Waals surface area contributed by atoms with Crippen molar-refractivity contribution >= 4 is 6.03 Å². The molecule has 1 fully saturated rings. The van der Waals surface area contributed by atoms with Crippen LogP contribution in [0.25, 0.3) is 11.5 Å². The van der Waals surface area contributed by atoms with Gasteiger partial charge in [-0.25, -0.2) is 4.79 Å². The van der Waals surface area contributed by atoms with Crippen LogP contribution in [0.1, 0.15) is 5.89 Å². The van der Waals surface area contributed by atoms with Crippen LogP contribution in [0.5, 0.6) is 0 Å². The van der Waals surface area contributed by atoms with Gasteiger partial charge >= 0.3 is 6.03 Å². The van der Waals surface area contributed by atoms with Crippen molar-refractivity contribution in [1.82, 2.24) is 25.4 Å². The highest BCUT2D eigenvalue weighted by Crippen LogP contribution is 2.15. The van der Waals surface area contributed by atoms with Crippen molar-refractivity contribution in [2.24, 2.45) is 0 Å². The quantitative estimate of drug-likeness (QED) is 0.892. The smallest absolute Gasteiger partial charge is 0.317 e. The molecule has 1 aliphatic rings. The van der Waals surface area contributed by atoms with Gasteiger partial charge in [-0.1, -0.05) is 0 Å². The highest BCUT2D eigenvalue weighted by Gasteiger charge is 2.17. The van der Waals surface area contributed by atoms with Crippen molar-refractivity contribution in [3.8, 4) is 11.5 Å². The van der Waals surface area contributed by atoms with Gasteiger partial charge in [-0.15, -0.1) is 10.2 Å². The largest absolute Gasteiger partial charge is 0.419 e. The molecule has 2 aromatic heterocycles. The fourth-order valence-electron chi connectivity index (χ4n) is 1.97. The summed E-state index contributed by atoms with van der Waals surface area (Å²) in [5, 5.41) is 10.6. The maximum Gasteiger partial charge on any atom is 0.317 e. The Morgan fingerprint density at radius 3 is 2.76 bits per heavy atom. The third kappa shape index (κ3) is 3.34. The van der Waals surface area contributed by atoms with E-state index in [9.17, 15) is 4.79 Å². The van der Waals surface area contributed by atoms with Crippen LogP contribution < -0.4 is 5.32 Å². The van der Waals surface area contributed by atoms with Crippen molar-refractivity contribution in [3.63, 3.8) is 0 Å². The van der Waals surface area contributed by atoms with Crippen LogP contribution in [-0.2, 0) is 11.3 Å². The summed E-state index contributed by atoms with van der Waals surface area (Å²) >= 11 is 0. The highest BCUT2D eigenvalue weighted by molar-refractivity contribution is 5.74. The van der Waals surface area contributed by atoms with Gasteiger partial charge in [0.1, 0.15) is 0 Å². The molecule has 0 aromatic carbocycles. The van der Waals surface area contributed by atoms with Crippen LogP contribution in [0.2, 0.25) is 0 Å². The van der Waals surface area contributed by atoms with Crippen LogP contribution in [-0.4, -0.2) is 52.4 Å². The third-order valence-corrected chi connectivity index (χ3v) is 3.08. The van der Waals surface area contributed by atoms with Crippen LogP contribution >= 0.6 is 0 Å². The van der Waals surface area contributed by atoms with E-state index in [4.69, 9.17) is 9.15 Å². The summed E-state index contributed by atoms with van der Waals surface area (Å²) < 4.78 is 10.7. The standard InChI is InChI=1S/C13H15N5O3/c19-13(18-5-7-20-8-6-18)15-9-11-16-17-12(21-11)10-1-3-14-4-2-10/h1-4H,5-9H2,(H,15,19). The molecule has 110 valence electrons. The number of hydrogen-bond acceptors (Lipinski definition) is 6. The molecule has 1 N–H and O–H groups in total. The second-order valence-electron chi connectivity index (χ2n) is 4.49. The van der Waals surface area contributed by atoms with Gasteiger partial charge in [-0.2, -0.15) is 0 Å². The number of nitrogens with zero attached hydrogens (tertiary/aromatic N) is 4. The Labute approximate surface area is 121 Å². The Balaban J connectivity index is 1.56. The number of urea groups is 1. The first kappa shape index (κ1) is 13.5. The van der Waals surface area contributed by atoms with E-state index < -0.39 is 0 Å². The van der Waals surface area contributed by atoms with E-state index in [1.165, 1.54) is 0 Å². The molecule has 0 aliphatic carbocycles. The second-order valence-corrected chi connectivity index (χ2v) is 4.49. The fourth-order valence-corrected chi connectivity index (χ4v) is 1.97. The van der Waals surface area contributed by atoms with Crippen LogP contribution in [0, 0.1) is 0 Å². The number of carbonyl (C=O) groups is 1. The molecule has 21 heavy (non-hydrogen) atoms. The lowest BCUT2D eigenvalue weighted by atomic mass is 10.3. The number of hydrogen-bond donors (Lipinski definition) is 1. The van der Waals surface area contributed by atoms with Gasteiger partial charge in [0.15, 0.2) is 0 Å². The minimum Gasteiger partial charge on any atom is -0.419 e. The second kappa shape index (κ2) is 6.31. The number of carbonyl (C=O) groups excluding carboxylic acids is 1. The maximum atomic E-state index is 11.9. The molecule has 8 heteroatoms. The minimum atomic E-state index is -0.151. The Morgan fingerprint density at radius 2 is 2.00 bits per heavy atom. The first-order valence-corrected chi connectivity index (χ1v) is 6.66. The predicted octanol–water partition coefficient (Wildman–Crippen LogP) is 0.673. The van der Waals surface area contributed by atoms with Crippen molar-refractivity contribution in [2.45, 2.75) is 6.54 Å². The Hall–Kier alpha value is -2.48. The molecule has 1 saturated heterocycles. The Kier molecular flexibility index (Phi) is 4.06. The van der Waals surface area contributed by atoms with Crippen LogP contribution in [0.3, 0.4) is 0 Å². The van der Waals surface area contributed by atoms with Crippen molar-refractivity contribution in [2.75, 3.05) is 26.3 Å². The summed E-state index contributed by atoms with van der Waals surface area (Å²) in [6.45, 7) is 2.53. The molecular weight excluding hydrogens is 274 g/mol. The van der Waals surface area contributed by atoms with Crippen LogP contribution in [0.4, 0.5) is 4.79 Å². The van der Waals surface area contributed by atoms with Gasteiger partial charge in [0.2, 0.25) is 11.8 Å². The summed E-state index contributed by atoms with van der Waals surface area (Å²) in [5.74, 6) is 0.774. The molecule has 3 rings (SSSR count). The number of rotatable bonds is 3. The highest BCUT2D eigenvalue weighted by atomic mass is 16.5. The van der Waals surface area contributed by atoms with Gasteiger partial charge in [0.25, 0.3) is 0 Å². The molecule has 0 unspecified atom stereocenters. The van der Waals surface area contributed by atoms with Gasteiger partial charge in [0, 0.05) is 31.0 Å². The number of pyridine rings is 1. The Morgan fingerprint density at radius 1 is 1.24 bits per heavy atom. The molecule has 0 atom stereocenters. The number of aromatic nitrogens is 3. The zero-order valence-corrected chi connectivity index (χ0v) is 11.4. The van der Waals surface area contributed by atoms with E-state index in [0.29, 0.717) is 38.1 Å². The van der Waals surface area contributed by atoms with E-state index in [1.54, 1.807) is 29.4 Å². The first-order chi connectivity index (χ1) is 10.3. The molecular formula is C13H15N5O3. The van der Waals surface area contributed by atoms with Crippen LogP contribution in [0.15, 0.2) is 28.9 Å². The fraction of sp³-hybridized carbons (Fsp3) is 0.385. The zero-order valence-electron chi connectivity index (χ0n) is 11.4. The van der Waals surface area contributed by atoms with Crippen molar-refractivity contribution in [1.29, 1.82) is 0 Å². The first-order valence-electron chi connectivity index (χ1n) is 6.66. The molecule has 0 bridgehead atoms. The average Bonchev–Trinajstić information content (AvgIpc) is 3.03. The number of ether oxygens (including phenoxy) is 1. The van der Waals surface area contributed by atoms with Gasteiger partial charge < -0.3 is 19.4 Å². The van der Waals surface area contributed by atoms with E-state index in [0.717, 1.165) is 5.56 Å². The summed E-state index contributed by atoms with van der Waals surface area (Å²) in [7, 11) is 0. The third-order valence-electron chi connectivity index (χ3n) is 3.08. The van der Waals surface area contributed by atoms with E-state index >= 15 is 0 Å². The SMILES string of the molecule is O=C(NCc1nnc(-c2ccncc2)o1)N1CCOCC1. The van der Waals surface area contributed by atoms with E-state index in [2.05, 4.69) is 20.5 Å². The molecule has 2 aromatic rings. The van der Waals surface area contributed by atoms with E-state index in [-0.39, 0.29) is 12.6 Å². The van der Waals surface area contributed by atoms with Gasteiger partial charge in [-0.05, 0) is 12.1 Å². The molecule has 0 spiro atoms. The lowest BCUT2D eigenvalue weighted by molar-refractivity contribution is 0.0530.